The van der Waals surface area contributed by atoms with Crippen LogP contribution >= 0.6 is 0 Å². The number of amides is 1. The van der Waals surface area contributed by atoms with E-state index in [9.17, 15) is 15.0 Å². The van der Waals surface area contributed by atoms with Gasteiger partial charge in [0.15, 0.2) is 11.5 Å². The van der Waals surface area contributed by atoms with Gasteiger partial charge in [0.1, 0.15) is 6.10 Å². The largest absolute Gasteiger partial charge is 0.504 e. The molecule has 3 unspecified atom stereocenters. The Balaban J connectivity index is 1.37. The van der Waals surface area contributed by atoms with Gasteiger partial charge in [-0.1, -0.05) is 42.8 Å². The Labute approximate surface area is 207 Å². The van der Waals surface area contributed by atoms with Crippen molar-refractivity contribution in [2.75, 3.05) is 20.6 Å². The summed E-state index contributed by atoms with van der Waals surface area (Å²) < 4.78 is 6.60. The first-order valence-corrected chi connectivity index (χ1v) is 12.9. The summed E-state index contributed by atoms with van der Waals surface area (Å²) >= 11 is 0. The molecule has 2 aromatic carbocycles. The van der Waals surface area contributed by atoms with Crippen molar-refractivity contribution in [3.8, 4) is 11.5 Å². The van der Waals surface area contributed by atoms with Crippen molar-refractivity contribution in [1.29, 1.82) is 0 Å². The number of hydrogen-bond donors (Lipinski definition) is 2. The Morgan fingerprint density at radius 1 is 1.29 bits per heavy atom. The highest BCUT2D eigenvalue weighted by atomic mass is 16.5. The molecule has 186 valence electrons. The molecular weight excluding hydrogens is 440 g/mol. The number of likely N-dealkylation sites (N-methyl/N-ethyl adjacent to an activating group) is 2. The number of aromatic hydroxyl groups is 1. The molecular formula is C29H36N2O4. The van der Waals surface area contributed by atoms with E-state index < -0.39 is 11.0 Å². The lowest BCUT2D eigenvalue weighted by atomic mass is 9.45. The molecule has 2 aliphatic heterocycles. The van der Waals surface area contributed by atoms with Crippen molar-refractivity contribution in [2.45, 2.75) is 75.2 Å². The summed E-state index contributed by atoms with van der Waals surface area (Å²) in [5, 5.41) is 23.3. The van der Waals surface area contributed by atoms with Gasteiger partial charge in [-0.25, -0.2) is 0 Å². The topological polar surface area (TPSA) is 73.2 Å². The Kier molecular flexibility index (Phi) is 5.04. The molecule has 1 saturated heterocycles. The van der Waals surface area contributed by atoms with Crippen molar-refractivity contribution in [3.05, 3.63) is 58.7 Å². The Morgan fingerprint density at radius 3 is 2.86 bits per heavy atom. The van der Waals surface area contributed by atoms with E-state index in [0.717, 1.165) is 30.5 Å². The Hall–Kier alpha value is -2.57. The third-order valence-corrected chi connectivity index (χ3v) is 9.72. The fourth-order valence-electron chi connectivity index (χ4n) is 8.00. The first-order chi connectivity index (χ1) is 16.7. The van der Waals surface area contributed by atoms with E-state index in [0.29, 0.717) is 25.0 Å². The maximum Gasteiger partial charge on any atom is 0.223 e. The van der Waals surface area contributed by atoms with Crippen LogP contribution in [0.4, 0.5) is 0 Å². The Bertz CT molecular complexity index is 1200. The molecule has 1 amide bonds. The Morgan fingerprint density at radius 2 is 2.09 bits per heavy atom. The van der Waals surface area contributed by atoms with Gasteiger partial charge >= 0.3 is 0 Å². The van der Waals surface area contributed by atoms with E-state index in [1.807, 2.05) is 24.1 Å². The molecule has 0 radical (unpaired) electrons. The number of phenolic OH excluding ortho intramolecular Hbond substituents is 1. The van der Waals surface area contributed by atoms with Crippen LogP contribution in [0.1, 0.15) is 48.4 Å². The van der Waals surface area contributed by atoms with Gasteiger partial charge in [0.25, 0.3) is 0 Å². The number of aliphatic hydroxyl groups is 1. The molecule has 1 saturated carbocycles. The first-order valence-electron chi connectivity index (χ1n) is 12.9. The van der Waals surface area contributed by atoms with Gasteiger partial charge in [-0.3, -0.25) is 4.79 Å². The van der Waals surface area contributed by atoms with Gasteiger partial charge in [-0.2, -0.15) is 0 Å². The van der Waals surface area contributed by atoms with Crippen LogP contribution in [0.5, 0.6) is 11.5 Å². The maximum absolute atomic E-state index is 13.5. The lowest BCUT2D eigenvalue weighted by molar-refractivity contribution is -0.221. The minimum atomic E-state index is -0.974. The highest BCUT2D eigenvalue weighted by Gasteiger charge is 2.75. The van der Waals surface area contributed by atoms with E-state index >= 15 is 0 Å². The average Bonchev–Trinajstić information content (AvgIpc) is 3.19. The van der Waals surface area contributed by atoms with Crippen LogP contribution in [0.25, 0.3) is 0 Å². The number of piperidine rings is 1. The number of benzene rings is 2. The van der Waals surface area contributed by atoms with E-state index in [-0.39, 0.29) is 35.8 Å². The monoisotopic (exact) mass is 476 g/mol. The number of rotatable bonds is 4. The SMILES string of the molecule is Cc1cccc(CCC(=O)N(C)C2CC(C)[C@@]3(O)[C@H]4Cc5ccc(O)c6c5[C@@]3(CCN4C)C2O6)c1. The summed E-state index contributed by atoms with van der Waals surface area (Å²) in [5.41, 5.74) is 2.91. The molecule has 0 aromatic heterocycles. The van der Waals surface area contributed by atoms with Crippen molar-refractivity contribution < 1.29 is 19.7 Å². The maximum atomic E-state index is 13.5. The lowest BCUT2D eigenvalue weighted by Crippen LogP contribution is -2.80. The fraction of sp³-hybridized carbons (Fsp3) is 0.552. The normalized spacial score (nSPS) is 34.8. The van der Waals surface area contributed by atoms with Crippen LogP contribution in [-0.4, -0.2) is 70.3 Å². The molecule has 6 nitrogen and oxygen atoms in total. The molecule has 6 heteroatoms. The van der Waals surface area contributed by atoms with Gasteiger partial charge in [0.05, 0.1) is 17.1 Å². The smallest absolute Gasteiger partial charge is 0.223 e. The molecule has 4 aliphatic rings. The summed E-state index contributed by atoms with van der Waals surface area (Å²) in [7, 11) is 3.99. The summed E-state index contributed by atoms with van der Waals surface area (Å²) in [4.78, 5) is 17.6. The average molecular weight is 477 g/mol. The zero-order chi connectivity index (χ0) is 24.7. The number of carbonyl (C=O) groups is 1. The van der Waals surface area contributed by atoms with Crippen molar-refractivity contribution >= 4 is 5.91 Å². The minimum Gasteiger partial charge on any atom is -0.504 e. The molecule has 6 rings (SSSR count). The number of phenols is 1. The molecule has 6 atom stereocenters. The van der Waals surface area contributed by atoms with Gasteiger partial charge in [0.2, 0.25) is 5.91 Å². The summed E-state index contributed by atoms with van der Waals surface area (Å²) in [5.74, 6) is 0.726. The standard InChI is InChI=1S/C29H36N2O4/c1-17-6-5-7-19(14-17)8-11-24(33)31(4)21-15-18(2)29(34)23-16-20-9-10-22(32)26-25(20)28(29,27(21)35-26)12-13-30(23)3/h5-7,9-10,14,18,21,23,27,32,34H,8,11-13,15-16H2,1-4H3/t18?,21?,23-,27?,28+,29-/m1/s1. The molecule has 2 fully saturated rings. The molecule has 2 N–H and O–H groups in total. The highest BCUT2D eigenvalue weighted by molar-refractivity contribution is 5.77. The van der Waals surface area contributed by atoms with Crippen LogP contribution < -0.4 is 4.74 Å². The number of carbonyl (C=O) groups excluding carboxylic acids is 1. The molecule has 2 aliphatic carbocycles. The van der Waals surface area contributed by atoms with E-state index in [1.165, 1.54) is 11.1 Å². The van der Waals surface area contributed by atoms with E-state index in [4.69, 9.17) is 4.74 Å². The van der Waals surface area contributed by atoms with Crippen molar-refractivity contribution in [3.63, 3.8) is 0 Å². The predicted octanol–water partition coefficient (Wildman–Crippen LogP) is 3.19. The van der Waals surface area contributed by atoms with Gasteiger partial charge < -0.3 is 24.7 Å². The van der Waals surface area contributed by atoms with Crippen LogP contribution in [0.3, 0.4) is 0 Å². The quantitative estimate of drug-likeness (QED) is 0.709. The second-order valence-corrected chi connectivity index (χ2v) is 11.4. The molecule has 2 aromatic rings. The van der Waals surface area contributed by atoms with E-state index in [1.54, 1.807) is 6.07 Å². The van der Waals surface area contributed by atoms with Gasteiger partial charge in [0, 0.05) is 25.1 Å². The number of ether oxygens (including phenoxy) is 1. The van der Waals surface area contributed by atoms with Crippen molar-refractivity contribution in [2.24, 2.45) is 5.92 Å². The fourth-order valence-corrected chi connectivity index (χ4v) is 8.00. The zero-order valence-electron chi connectivity index (χ0n) is 21.1. The number of aryl methyl sites for hydroxylation is 2. The lowest BCUT2D eigenvalue weighted by Gasteiger charge is -2.66. The number of hydrogen-bond acceptors (Lipinski definition) is 5. The zero-order valence-corrected chi connectivity index (χ0v) is 21.1. The summed E-state index contributed by atoms with van der Waals surface area (Å²) in [6, 6.07) is 11.9. The van der Waals surface area contributed by atoms with Crippen LogP contribution in [0.2, 0.25) is 0 Å². The third-order valence-electron chi connectivity index (χ3n) is 9.72. The van der Waals surface area contributed by atoms with Crippen LogP contribution in [0, 0.1) is 12.8 Å². The molecule has 2 heterocycles. The second kappa shape index (κ2) is 7.71. The molecule has 35 heavy (non-hydrogen) atoms. The molecule has 2 bridgehead atoms. The van der Waals surface area contributed by atoms with Crippen molar-refractivity contribution in [1.82, 2.24) is 9.80 Å². The summed E-state index contributed by atoms with van der Waals surface area (Å²) in [6.45, 7) is 5.05. The number of likely N-dealkylation sites (tertiary alicyclic amines) is 1. The highest BCUT2D eigenvalue weighted by Crippen LogP contribution is 2.66. The van der Waals surface area contributed by atoms with Crippen LogP contribution in [0.15, 0.2) is 36.4 Å². The predicted molar refractivity (Wildman–Crippen MR) is 134 cm³/mol. The van der Waals surface area contributed by atoms with Gasteiger partial charge in [-0.15, -0.1) is 0 Å². The van der Waals surface area contributed by atoms with Crippen LogP contribution in [-0.2, 0) is 23.1 Å². The van der Waals surface area contributed by atoms with Gasteiger partial charge in [-0.05, 0) is 69.3 Å². The second-order valence-electron chi connectivity index (χ2n) is 11.4. The number of nitrogens with zero attached hydrogens (tertiary/aromatic N) is 2. The molecule has 1 spiro atoms. The minimum absolute atomic E-state index is 0.0105. The third kappa shape index (κ3) is 2.93. The summed E-state index contributed by atoms with van der Waals surface area (Å²) in [6.07, 6.45) is 2.92. The van der Waals surface area contributed by atoms with E-state index in [2.05, 4.69) is 44.0 Å². The first kappa shape index (κ1) is 22.9.